The molecule has 6 heteroatoms. The van der Waals surface area contributed by atoms with Crippen LogP contribution < -0.4 is 0 Å². The lowest BCUT2D eigenvalue weighted by Gasteiger charge is -2.16. The molecular formula is C18H34O6. The number of aliphatic hydroxyl groups is 2. The molecule has 24 heavy (non-hydrogen) atoms. The Morgan fingerprint density at radius 1 is 0.667 bits per heavy atom. The molecule has 6 nitrogen and oxygen atoms in total. The number of ether oxygens (including phenoxy) is 2. The van der Waals surface area contributed by atoms with Crippen molar-refractivity contribution >= 4 is 11.9 Å². The molecule has 0 aliphatic rings. The Labute approximate surface area is 145 Å². The lowest BCUT2D eigenvalue weighted by molar-refractivity contribution is -0.173. The Morgan fingerprint density at radius 2 is 1.00 bits per heavy atom. The second kappa shape index (κ2) is 15.4. The van der Waals surface area contributed by atoms with Gasteiger partial charge in [0.05, 0.1) is 13.2 Å². The summed E-state index contributed by atoms with van der Waals surface area (Å²) in [6.07, 6.45) is 6.19. The molecule has 0 unspecified atom stereocenters. The van der Waals surface area contributed by atoms with Crippen LogP contribution in [0.2, 0.25) is 0 Å². The number of rotatable bonds is 15. The highest BCUT2D eigenvalue weighted by molar-refractivity contribution is 5.85. The Bertz CT molecular complexity index is 299. The van der Waals surface area contributed by atoms with Gasteiger partial charge in [-0.2, -0.15) is 0 Å². The Kier molecular flexibility index (Phi) is 14.7. The fourth-order valence-corrected chi connectivity index (χ4v) is 2.19. The van der Waals surface area contributed by atoms with Gasteiger partial charge in [0.25, 0.3) is 0 Å². The molecule has 0 bridgehead atoms. The summed E-state index contributed by atoms with van der Waals surface area (Å²) in [4.78, 5) is 23.2. The zero-order valence-electron chi connectivity index (χ0n) is 15.2. The van der Waals surface area contributed by atoms with Crippen LogP contribution in [0.5, 0.6) is 0 Å². The maximum absolute atomic E-state index is 11.6. The van der Waals surface area contributed by atoms with Crippen LogP contribution in [0.25, 0.3) is 0 Å². The largest absolute Gasteiger partial charge is 0.464 e. The number of esters is 2. The normalized spacial score (nSPS) is 13.3. The van der Waals surface area contributed by atoms with Gasteiger partial charge in [0, 0.05) is 0 Å². The third kappa shape index (κ3) is 11.4. The maximum Gasteiger partial charge on any atom is 0.338 e. The molecule has 0 saturated carbocycles. The average molecular weight is 346 g/mol. The zero-order chi connectivity index (χ0) is 18.2. The molecule has 0 aromatic carbocycles. The monoisotopic (exact) mass is 346 g/mol. The first-order valence-corrected chi connectivity index (χ1v) is 9.24. The highest BCUT2D eigenvalue weighted by Gasteiger charge is 2.32. The van der Waals surface area contributed by atoms with Gasteiger partial charge in [-0.1, -0.05) is 65.2 Å². The van der Waals surface area contributed by atoms with Gasteiger partial charge >= 0.3 is 11.9 Å². The van der Waals surface area contributed by atoms with Gasteiger partial charge < -0.3 is 19.7 Å². The Balaban J connectivity index is 3.83. The Hall–Kier alpha value is -1.14. The van der Waals surface area contributed by atoms with Gasteiger partial charge in [-0.15, -0.1) is 0 Å². The van der Waals surface area contributed by atoms with E-state index in [1.54, 1.807) is 0 Å². The van der Waals surface area contributed by atoms with Crippen molar-refractivity contribution in [3.05, 3.63) is 0 Å². The van der Waals surface area contributed by atoms with Gasteiger partial charge in [0.2, 0.25) is 0 Å². The zero-order valence-corrected chi connectivity index (χ0v) is 15.2. The summed E-state index contributed by atoms with van der Waals surface area (Å²) in [5.74, 6) is -1.98. The highest BCUT2D eigenvalue weighted by Crippen LogP contribution is 2.06. The van der Waals surface area contributed by atoms with E-state index in [1.165, 1.54) is 0 Å². The van der Waals surface area contributed by atoms with Crippen molar-refractivity contribution in [2.45, 2.75) is 90.3 Å². The molecule has 0 spiro atoms. The van der Waals surface area contributed by atoms with E-state index in [9.17, 15) is 19.8 Å². The van der Waals surface area contributed by atoms with Crippen molar-refractivity contribution in [1.29, 1.82) is 0 Å². The van der Waals surface area contributed by atoms with E-state index in [0.717, 1.165) is 51.4 Å². The highest BCUT2D eigenvalue weighted by atomic mass is 16.6. The lowest BCUT2D eigenvalue weighted by Crippen LogP contribution is -2.41. The standard InChI is InChI=1S/C18H34O6/c1-3-5-7-9-11-13-23-17(21)15(19)16(20)18(22)24-14-12-10-8-6-4-2/h15-16,19-20H,3-14H2,1-2H3/t15-,16-/m0/s1. The third-order valence-electron chi connectivity index (χ3n) is 3.77. The van der Waals surface area contributed by atoms with Crippen molar-refractivity contribution < 1.29 is 29.3 Å². The van der Waals surface area contributed by atoms with Gasteiger partial charge in [-0.05, 0) is 12.8 Å². The van der Waals surface area contributed by atoms with Crippen molar-refractivity contribution in [3.63, 3.8) is 0 Å². The molecule has 0 amide bonds. The second-order valence-corrected chi connectivity index (χ2v) is 6.05. The molecule has 2 atom stereocenters. The first-order chi connectivity index (χ1) is 11.5. The molecule has 0 aromatic heterocycles. The van der Waals surface area contributed by atoms with Gasteiger partial charge in [0.1, 0.15) is 0 Å². The number of hydrogen-bond acceptors (Lipinski definition) is 6. The molecule has 0 radical (unpaired) electrons. The molecule has 0 saturated heterocycles. The van der Waals surface area contributed by atoms with Crippen LogP contribution >= 0.6 is 0 Å². The van der Waals surface area contributed by atoms with Crippen LogP contribution in [-0.4, -0.2) is 47.6 Å². The molecule has 0 aliphatic carbocycles. The summed E-state index contributed by atoms with van der Waals surface area (Å²) in [6, 6.07) is 0. The molecule has 2 N–H and O–H groups in total. The minimum Gasteiger partial charge on any atom is -0.464 e. The molecule has 0 fully saturated rings. The lowest BCUT2D eigenvalue weighted by atomic mass is 10.1. The van der Waals surface area contributed by atoms with Crippen LogP contribution in [0, 0.1) is 0 Å². The molecule has 0 aromatic rings. The fourth-order valence-electron chi connectivity index (χ4n) is 2.19. The molecule has 0 aliphatic heterocycles. The van der Waals surface area contributed by atoms with E-state index in [0.29, 0.717) is 12.8 Å². The number of carbonyl (C=O) groups excluding carboxylic acids is 2. The van der Waals surface area contributed by atoms with E-state index in [2.05, 4.69) is 13.8 Å². The van der Waals surface area contributed by atoms with Crippen LogP contribution in [-0.2, 0) is 19.1 Å². The van der Waals surface area contributed by atoms with Crippen molar-refractivity contribution in [2.75, 3.05) is 13.2 Å². The van der Waals surface area contributed by atoms with E-state index >= 15 is 0 Å². The summed E-state index contributed by atoms with van der Waals surface area (Å²) < 4.78 is 9.74. The van der Waals surface area contributed by atoms with E-state index in [-0.39, 0.29) is 13.2 Å². The van der Waals surface area contributed by atoms with Crippen LogP contribution in [0.1, 0.15) is 78.1 Å². The van der Waals surface area contributed by atoms with E-state index in [4.69, 9.17) is 9.47 Å². The SMILES string of the molecule is CCCCCCCOC(=O)[C@@H](O)[C@H](O)C(=O)OCCCCCCC. The number of carbonyl (C=O) groups is 2. The maximum atomic E-state index is 11.6. The van der Waals surface area contributed by atoms with Crippen molar-refractivity contribution in [1.82, 2.24) is 0 Å². The molecule has 142 valence electrons. The quantitative estimate of drug-likeness (QED) is 0.350. The summed E-state index contributed by atoms with van der Waals surface area (Å²) in [5, 5.41) is 19.3. The summed E-state index contributed by atoms with van der Waals surface area (Å²) in [5.41, 5.74) is 0. The summed E-state index contributed by atoms with van der Waals surface area (Å²) in [6.45, 7) is 4.59. The van der Waals surface area contributed by atoms with Crippen LogP contribution in [0.15, 0.2) is 0 Å². The number of hydrogen-bond donors (Lipinski definition) is 2. The van der Waals surface area contributed by atoms with Gasteiger partial charge in [-0.3, -0.25) is 0 Å². The van der Waals surface area contributed by atoms with Crippen molar-refractivity contribution in [2.24, 2.45) is 0 Å². The Morgan fingerprint density at radius 3 is 1.33 bits per heavy atom. The van der Waals surface area contributed by atoms with Crippen LogP contribution in [0.4, 0.5) is 0 Å². The van der Waals surface area contributed by atoms with E-state index in [1.807, 2.05) is 0 Å². The molecule has 0 rings (SSSR count). The van der Waals surface area contributed by atoms with Gasteiger partial charge in [-0.25, -0.2) is 9.59 Å². The fraction of sp³-hybridized carbons (Fsp3) is 0.889. The number of unbranched alkanes of at least 4 members (excludes halogenated alkanes) is 8. The predicted molar refractivity (Wildman–Crippen MR) is 91.4 cm³/mol. The average Bonchev–Trinajstić information content (AvgIpc) is 2.59. The van der Waals surface area contributed by atoms with Crippen LogP contribution in [0.3, 0.4) is 0 Å². The number of aliphatic hydroxyl groups excluding tert-OH is 2. The molecule has 0 heterocycles. The summed E-state index contributed by atoms with van der Waals surface area (Å²) in [7, 11) is 0. The third-order valence-corrected chi connectivity index (χ3v) is 3.77. The topological polar surface area (TPSA) is 93.1 Å². The minimum absolute atomic E-state index is 0.179. The first-order valence-electron chi connectivity index (χ1n) is 9.24. The summed E-state index contributed by atoms with van der Waals surface area (Å²) >= 11 is 0. The second-order valence-electron chi connectivity index (χ2n) is 6.05. The first kappa shape index (κ1) is 22.9. The smallest absolute Gasteiger partial charge is 0.338 e. The van der Waals surface area contributed by atoms with E-state index < -0.39 is 24.1 Å². The van der Waals surface area contributed by atoms with Crippen molar-refractivity contribution in [3.8, 4) is 0 Å². The molecular weight excluding hydrogens is 312 g/mol. The minimum atomic E-state index is -1.90. The predicted octanol–water partition coefficient (Wildman–Crippen LogP) is 2.74. The van der Waals surface area contributed by atoms with Gasteiger partial charge in [0.15, 0.2) is 12.2 Å².